The summed E-state index contributed by atoms with van der Waals surface area (Å²) < 4.78 is 0. The monoisotopic (exact) mass is 324 g/mol. The van der Waals surface area contributed by atoms with E-state index in [1.165, 1.54) is 0 Å². The van der Waals surface area contributed by atoms with E-state index in [2.05, 4.69) is 5.32 Å². The molecule has 1 aliphatic heterocycles. The molecule has 2 rings (SSSR count). The summed E-state index contributed by atoms with van der Waals surface area (Å²) in [6.07, 6.45) is 6.18. The molecule has 1 unspecified atom stereocenters. The second-order valence-electron chi connectivity index (χ2n) is 7.02. The van der Waals surface area contributed by atoms with Gasteiger partial charge >= 0.3 is 5.97 Å². The van der Waals surface area contributed by atoms with Crippen LogP contribution >= 0.6 is 0 Å². The van der Waals surface area contributed by atoms with Gasteiger partial charge in [0.1, 0.15) is 0 Å². The lowest BCUT2D eigenvalue weighted by atomic mass is 9.93. The van der Waals surface area contributed by atoms with Crippen molar-refractivity contribution in [1.82, 2.24) is 10.2 Å². The lowest BCUT2D eigenvalue weighted by molar-refractivity contribution is -0.138. The van der Waals surface area contributed by atoms with E-state index in [-0.39, 0.29) is 36.1 Å². The Kier molecular flexibility index (Phi) is 6.42. The second-order valence-corrected chi connectivity index (χ2v) is 7.02. The van der Waals surface area contributed by atoms with Gasteiger partial charge in [-0.05, 0) is 38.5 Å². The molecule has 1 saturated carbocycles. The number of nitrogens with one attached hydrogen (secondary N) is 1. The minimum Gasteiger partial charge on any atom is -0.481 e. The summed E-state index contributed by atoms with van der Waals surface area (Å²) in [4.78, 5) is 36.9. The van der Waals surface area contributed by atoms with E-state index in [9.17, 15) is 14.4 Å². The SMILES string of the molecule is CC(CC(=O)N1CCC(CC(=O)O)CC1)NC(=O)C1CCCC1. The summed E-state index contributed by atoms with van der Waals surface area (Å²) >= 11 is 0. The van der Waals surface area contributed by atoms with Gasteiger partial charge in [-0.1, -0.05) is 12.8 Å². The fraction of sp³-hybridized carbons (Fsp3) is 0.824. The van der Waals surface area contributed by atoms with Crippen molar-refractivity contribution in [2.24, 2.45) is 11.8 Å². The molecule has 0 radical (unpaired) electrons. The minimum absolute atomic E-state index is 0.0537. The zero-order valence-corrected chi connectivity index (χ0v) is 13.9. The van der Waals surface area contributed by atoms with Crippen LogP contribution in [0.15, 0.2) is 0 Å². The maximum absolute atomic E-state index is 12.3. The minimum atomic E-state index is -0.766. The van der Waals surface area contributed by atoms with Crippen LogP contribution in [0, 0.1) is 11.8 Å². The third-order valence-electron chi connectivity index (χ3n) is 5.03. The molecule has 0 aromatic heterocycles. The molecular formula is C17H28N2O4. The highest BCUT2D eigenvalue weighted by atomic mass is 16.4. The van der Waals surface area contributed by atoms with Gasteiger partial charge in [0.25, 0.3) is 0 Å². The molecule has 0 spiro atoms. The molecule has 130 valence electrons. The zero-order valence-electron chi connectivity index (χ0n) is 13.9. The first-order valence-corrected chi connectivity index (χ1v) is 8.75. The van der Waals surface area contributed by atoms with Crippen LogP contribution in [-0.2, 0) is 14.4 Å². The molecule has 23 heavy (non-hydrogen) atoms. The summed E-state index contributed by atoms with van der Waals surface area (Å²) in [7, 11) is 0. The number of likely N-dealkylation sites (tertiary alicyclic amines) is 1. The fourth-order valence-electron chi connectivity index (χ4n) is 3.62. The molecule has 2 aliphatic rings. The average Bonchev–Trinajstić information content (AvgIpc) is 3.01. The smallest absolute Gasteiger partial charge is 0.303 e. The maximum Gasteiger partial charge on any atom is 0.303 e. The predicted molar refractivity (Wildman–Crippen MR) is 85.7 cm³/mol. The van der Waals surface area contributed by atoms with Gasteiger partial charge in [0.05, 0.1) is 0 Å². The molecule has 1 saturated heterocycles. The quantitative estimate of drug-likeness (QED) is 0.780. The first-order chi connectivity index (χ1) is 11.0. The van der Waals surface area contributed by atoms with Crippen LogP contribution in [0.1, 0.15) is 58.3 Å². The van der Waals surface area contributed by atoms with E-state index in [1.807, 2.05) is 6.92 Å². The predicted octanol–water partition coefficient (Wildman–Crippen LogP) is 1.78. The van der Waals surface area contributed by atoms with Crippen molar-refractivity contribution in [3.05, 3.63) is 0 Å². The number of aliphatic carboxylic acids is 1. The van der Waals surface area contributed by atoms with Crippen molar-refractivity contribution in [2.45, 2.75) is 64.3 Å². The average molecular weight is 324 g/mol. The molecule has 0 aromatic rings. The fourth-order valence-corrected chi connectivity index (χ4v) is 3.62. The van der Waals surface area contributed by atoms with Gasteiger partial charge in [-0.25, -0.2) is 0 Å². The van der Waals surface area contributed by atoms with Gasteiger partial charge < -0.3 is 15.3 Å². The van der Waals surface area contributed by atoms with Crippen LogP contribution < -0.4 is 5.32 Å². The highest BCUT2D eigenvalue weighted by Crippen LogP contribution is 2.25. The van der Waals surface area contributed by atoms with Crippen LogP contribution in [-0.4, -0.2) is 46.9 Å². The molecule has 2 amide bonds. The van der Waals surface area contributed by atoms with E-state index >= 15 is 0 Å². The third kappa shape index (κ3) is 5.52. The highest BCUT2D eigenvalue weighted by molar-refractivity contribution is 5.81. The second kappa shape index (κ2) is 8.31. The van der Waals surface area contributed by atoms with Gasteiger partial charge in [0.15, 0.2) is 0 Å². The topological polar surface area (TPSA) is 86.7 Å². The Balaban J connectivity index is 1.69. The first-order valence-electron chi connectivity index (χ1n) is 8.75. The van der Waals surface area contributed by atoms with Crippen molar-refractivity contribution >= 4 is 17.8 Å². The Hall–Kier alpha value is -1.59. The Bertz CT molecular complexity index is 438. The van der Waals surface area contributed by atoms with Crippen molar-refractivity contribution in [3.63, 3.8) is 0 Å². The zero-order chi connectivity index (χ0) is 16.8. The normalized spacial score (nSPS) is 21.2. The van der Waals surface area contributed by atoms with Crippen LogP contribution in [0.2, 0.25) is 0 Å². The largest absolute Gasteiger partial charge is 0.481 e. The van der Waals surface area contributed by atoms with Crippen LogP contribution in [0.4, 0.5) is 0 Å². The summed E-state index contributed by atoms with van der Waals surface area (Å²) in [5, 5.41) is 11.8. The van der Waals surface area contributed by atoms with Crippen molar-refractivity contribution in [2.75, 3.05) is 13.1 Å². The number of hydrogen-bond acceptors (Lipinski definition) is 3. The number of carbonyl (C=O) groups is 3. The summed E-state index contributed by atoms with van der Waals surface area (Å²) in [5.41, 5.74) is 0. The van der Waals surface area contributed by atoms with Crippen molar-refractivity contribution in [1.29, 1.82) is 0 Å². The van der Waals surface area contributed by atoms with Crippen LogP contribution in [0.3, 0.4) is 0 Å². The molecule has 0 bridgehead atoms. The van der Waals surface area contributed by atoms with Crippen LogP contribution in [0.5, 0.6) is 0 Å². The van der Waals surface area contributed by atoms with Gasteiger partial charge in [-0.3, -0.25) is 14.4 Å². The Morgan fingerprint density at radius 1 is 1.13 bits per heavy atom. The number of rotatable bonds is 6. The Labute approximate surface area is 137 Å². The van der Waals surface area contributed by atoms with E-state index in [4.69, 9.17) is 5.11 Å². The number of carbonyl (C=O) groups excluding carboxylic acids is 2. The number of carboxylic acid groups (broad SMARTS) is 1. The Morgan fingerprint density at radius 2 is 1.74 bits per heavy atom. The standard InChI is InChI=1S/C17H28N2O4/c1-12(18-17(23)14-4-2-3-5-14)10-15(20)19-8-6-13(7-9-19)11-16(21)22/h12-14H,2-11H2,1H3,(H,18,23)(H,21,22). The Morgan fingerprint density at radius 3 is 2.30 bits per heavy atom. The molecule has 2 N–H and O–H groups in total. The number of hydrogen-bond donors (Lipinski definition) is 2. The van der Waals surface area contributed by atoms with E-state index in [0.717, 1.165) is 38.5 Å². The molecule has 2 fully saturated rings. The summed E-state index contributed by atoms with van der Waals surface area (Å²) in [6.45, 7) is 3.13. The van der Waals surface area contributed by atoms with E-state index in [1.54, 1.807) is 4.90 Å². The molecule has 0 aromatic carbocycles. The van der Waals surface area contributed by atoms with Crippen molar-refractivity contribution in [3.8, 4) is 0 Å². The number of nitrogens with zero attached hydrogens (tertiary/aromatic N) is 1. The lowest BCUT2D eigenvalue weighted by Crippen LogP contribution is -2.43. The maximum atomic E-state index is 12.3. The molecule has 6 heteroatoms. The first kappa shape index (κ1) is 17.8. The molecule has 6 nitrogen and oxygen atoms in total. The number of carboxylic acids is 1. The number of amides is 2. The van der Waals surface area contributed by atoms with Gasteiger partial charge in [-0.2, -0.15) is 0 Å². The van der Waals surface area contributed by atoms with E-state index < -0.39 is 5.97 Å². The highest BCUT2D eigenvalue weighted by Gasteiger charge is 2.27. The molecule has 1 atom stereocenters. The summed E-state index contributed by atoms with van der Waals surface area (Å²) in [6, 6.07) is -0.146. The van der Waals surface area contributed by atoms with Gasteiger partial charge in [-0.15, -0.1) is 0 Å². The molecule has 1 heterocycles. The number of piperidine rings is 1. The lowest BCUT2D eigenvalue weighted by Gasteiger charge is -2.32. The van der Waals surface area contributed by atoms with Crippen molar-refractivity contribution < 1.29 is 19.5 Å². The van der Waals surface area contributed by atoms with Crippen LogP contribution in [0.25, 0.3) is 0 Å². The molecule has 1 aliphatic carbocycles. The molecular weight excluding hydrogens is 296 g/mol. The third-order valence-corrected chi connectivity index (χ3v) is 5.03. The van der Waals surface area contributed by atoms with Gasteiger partial charge in [0.2, 0.25) is 11.8 Å². The van der Waals surface area contributed by atoms with Gasteiger partial charge in [0, 0.05) is 37.9 Å². The summed E-state index contributed by atoms with van der Waals surface area (Å²) in [5.74, 6) is -0.325. The van der Waals surface area contributed by atoms with E-state index in [0.29, 0.717) is 19.5 Å².